The van der Waals surface area contributed by atoms with E-state index in [1.807, 2.05) is 6.07 Å². The molecule has 2 aromatic rings. The fraction of sp³-hybridized carbons (Fsp3) is 0.526. The molecule has 3 heteroatoms. The summed E-state index contributed by atoms with van der Waals surface area (Å²) in [6.45, 7) is 7.63. The zero-order valence-electron chi connectivity index (χ0n) is 13.8. The Labute approximate surface area is 133 Å². The molecule has 0 spiro atoms. The van der Waals surface area contributed by atoms with Crippen molar-refractivity contribution < 1.29 is 5.11 Å². The molecule has 118 valence electrons. The van der Waals surface area contributed by atoms with E-state index in [0.717, 1.165) is 5.69 Å². The highest BCUT2D eigenvalue weighted by atomic mass is 16.3. The first-order valence-electron chi connectivity index (χ1n) is 8.40. The maximum absolute atomic E-state index is 9.43. The largest absolute Gasteiger partial charge is 0.394 e. The van der Waals surface area contributed by atoms with Crippen LogP contribution in [0.1, 0.15) is 56.7 Å². The summed E-state index contributed by atoms with van der Waals surface area (Å²) in [6.07, 6.45) is 2.44. The minimum atomic E-state index is 0.140. The Balaban J connectivity index is 2.19. The van der Waals surface area contributed by atoms with Gasteiger partial charge < -0.3 is 5.11 Å². The lowest BCUT2D eigenvalue weighted by Crippen LogP contribution is -2.21. The summed E-state index contributed by atoms with van der Waals surface area (Å²) in [6, 6.07) is 10.5. The highest BCUT2D eigenvalue weighted by molar-refractivity contribution is 5.65. The lowest BCUT2D eigenvalue weighted by Gasteiger charge is -2.31. The minimum Gasteiger partial charge on any atom is -0.394 e. The Morgan fingerprint density at radius 3 is 2.59 bits per heavy atom. The summed E-state index contributed by atoms with van der Waals surface area (Å²) in [7, 11) is 0. The molecule has 1 aromatic heterocycles. The molecule has 0 aliphatic heterocycles. The first-order valence-corrected chi connectivity index (χ1v) is 8.40. The average molecular weight is 298 g/mol. The fourth-order valence-electron chi connectivity index (χ4n) is 3.80. The number of aliphatic hydroxyl groups is 1. The van der Waals surface area contributed by atoms with Gasteiger partial charge in [0.25, 0.3) is 0 Å². The molecule has 3 rings (SSSR count). The molecule has 1 aliphatic carbocycles. The third-order valence-electron chi connectivity index (χ3n) is 4.95. The lowest BCUT2D eigenvalue weighted by molar-refractivity contribution is 0.261. The van der Waals surface area contributed by atoms with E-state index >= 15 is 0 Å². The molecule has 1 N–H and O–H groups in total. The second-order valence-electron chi connectivity index (χ2n) is 6.79. The first-order chi connectivity index (χ1) is 10.6. The molecule has 3 nitrogen and oxygen atoms in total. The molecule has 22 heavy (non-hydrogen) atoms. The van der Waals surface area contributed by atoms with E-state index in [-0.39, 0.29) is 6.61 Å². The van der Waals surface area contributed by atoms with Crippen molar-refractivity contribution in [1.82, 2.24) is 9.78 Å². The summed E-state index contributed by atoms with van der Waals surface area (Å²) in [4.78, 5) is 0. The molecule has 1 aliphatic rings. The summed E-state index contributed by atoms with van der Waals surface area (Å²) in [5, 5.41) is 14.3. The maximum atomic E-state index is 9.43. The van der Waals surface area contributed by atoms with Crippen LogP contribution in [0, 0.1) is 5.92 Å². The smallest absolute Gasteiger partial charge is 0.0960 e. The van der Waals surface area contributed by atoms with Gasteiger partial charge in [-0.1, -0.05) is 51.1 Å². The number of hydrogen-bond acceptors (Lipinski definition) is 2. The second-order valence-corrected chi connectivity index (χ2v) is 6.79. The van der Waals surface area contributed by atoms with Crippen LogP contribution >= 0.6 is 0 Å². The highest BCUT2D eigenvalue weighted by Crippen LogP contribution is 2.46. The van der Waals surface area contributed by atoms with E-state index in [0.29, 0.717) is 24.3 Å². The van der Waals surface area contributed by atoms with E-state index < -0.39 is 0 Å². The lowest BCUT2D eigenvalue weighted by atomic mass is 9.75. The van der Waals surface area contributed by atoms with Gasteiger partial charge in [0.2, 0.25) is 0 Å². The van der Waals surface area contributed by atoms with Crippen molar-refractivity contribution in [3.05, 3.63) is 41.6 Å². The highest BCUT2D eigenvalue weighted by Gasteiger charge is 2.33. The molecule has 1 aromatic carbocycles. The molecule has 0 bridgehead atoms. The number of fused-ring (bicyclic) bond motifs is 1. The Hall–Kier alpha value is -1.61. The summed E-state index contributed by atoms with van der Waals surface area (Å²) in [5.41, 5.74) is 5.07. The molecule has 0 saturated heterocycles. The van der Waals surface area contributed by atoms with E-state index in [4.69, 9.17) is 5.10 Å². The van der Waals surface area contributed by atoms with Crippen molar-refractivity contribution in [2.24, 2.45) is 5.92 Å². The summed E-state index contributed by atoms with van der Waals surface area (Å²) in [5.74, 6) is 1.68. The zero-order chi connectivity index (χ0) is 15.7. The summed E-state index contributed by atoms with van der Waals surface area (Å²) < 4.78 is 2.07. The second kappa shape index (κ2) is 6.25. The molecule has 0 unspecified atom stereocenters. The first kappa shape index (κ1) is 15.3. The quantitative estimate of drug-likeness (QED) is 0.919. The van der Waals surface area contributed by atoms with Gasteiger partial charge in [0, 0.05) is 22.7 Å². The number of rotatable bonds is 4. The topological polar surface area (TPSA) is 38.0 Å². The van der Waals surface area contributed by atoms with E-state index in [2.05, 4.69) is 49.7 Å². The van der Waals surface area contributed by atoms with Crippen LogP contribution in [0.15, 0.2) is 30.3 Å². The summed E-state index contributed by atoms with van der Waals surface area (Å²) >= 11 is 0. The zero-order valence-corrected chi connectivity index (χ0v) is 13.8. The van der Waals surface area contributed by atoms with Crippen LogP contribution in [0.3, 0.4) is 0 Å². The number of aromatic nitrogens is 2. The third-order valence-corrected chi connectivity index (χ3v) is 4.95. The van der Waals surface area contributed by atoms with Crippen LogP contribution in [-0.2, 0) is 6.54 Å². The van der Waals surface area contributed by atoms with Gasteiger partial charge in [-0.25, -0.2) is 0 Å². The Morgan fingerprint density at radius 1 is 1.23 bits per heavy atom. The molecular weight excluding hydrogens is 272 g/mol. The number of hydrogen-bond donors (Lipinski definition) is 1. The number of benzene rings is 1. The van der Waals surface area contributed by atoms with Crippen molar-refractivity contribution in [3.8, 4) is 11.3 Å². The SMILES string of the molecule is CC(C)[C@H]1CC[C@@H](C)c2c(-c3ccccc3)nn(CCO)c21. The molecular formula is C19H26N2O. The Morgan fingerprint density at radius 2 is 1.95 bits per heavy atom. The molecule has 0 amide bonds. The van der Waals surface area contributed by atoms with Gasteiger partial charge in [-0.2, -0.15) is 5.10 Å². The Kier molecular flexibility index (Phi) is 4.34. The normalized spacial score (nSPS) is 21.1. The van der Waals surface area contributed by atoms with E-state index in [1.54, 1.807) is 0 Å². The van der Waals surface area contributed by atoms with Crippen molar-refractivity contribution in [3.63, 3.8) is 0 Å². The van der Waals surface area contributed by atoms with Crippen molar-refractivity contribution >= 4 is 0 Å². The predicted octanol–water partition coefficient (Wildman–Crippen LogP) is 4.18. The van der Waals surface area contributed by atoms with Gasteiger partial charge >= 0.3 is 0 Å². The number of aliphatic hydroxyl groups excluding tert-OH is 1. The van der Waals surface area contributed by atoms with Crippen LogP contribution in [0.25, 0.3) is 11.3 Å². The maximum Gasteiger partial charge on any atom is 0.0960 e. The predicted molar refractivity (Wildman–Crippen MR) is 90.0 cm³/mol. The van der Waals surface area contributed by atoms with Crippen LogP contribution in [0.5, 0.6) is 0 Å². The molecule has 0 fully saturated rings. The van der Waals surface area contributed by atoms with Gasteiger partial charge in [0.05, 0.1) is 18.8 Å². The monoisotopic (exact) mass is 298 g/mol. The van der Waals surface area contributed by atoms with Gasteiger partial charge in [-0.15, -0.1) is 0 Å². The van der Waals surface area contributed by atoms with Crippen molar-refractivity contribution in [2.75, 3.05) is 6.61 Å². The van der Waals surface area contributed by atoms with Crippen LogP contribution < -0.4 is 0 Å². The van der Waals surface area contributed by atoms with Gasteiger partial charge in [0.1, 0.15) is 0 Å². The average Bonchev–Trinajstić information content (AvgIpc) is 2.89. The van der Waals surface area contributed by atoms with E-state index in [1.165, 1.54) is 29.7 Å². The molecule has 1 heterocycles. The van der Waals surface area contributed by atoms with Crippen molar-refractivity contribution in [2.45, 2.75) is 52.0 Å². The van der Waals surface area contributed by atoms with Crippen LogP contribution in [-0.4, -0.2) is 21.5 Å². The van der Waals surface area contributed by atoms with Crippen LogP contribution in [0.4, 0.5) is 0 Å². The molecule has 0 radical (unpaired) electrons. The van der Waals surface area contributed by atoms with E-state index in [9.17, 15) is 5.11 Å². The molecule has 2 atom stereocenters. The number of nitrogens with zero attached hydrogens (tertiary/aromatic N) is 2. The fourth-order valence-corrected chi connectivity index (χ4v) is 3.80. The van der Waals surface area contributed by atoms with Gasteiger partial charge in [0.15, 0.2) is 0 Å². The Bertz CT molecular complexity index is 630. The van der Waals surface area contributed by atoms with Crippen molar-refractivity contribution in [1.29, 1.82) is 0 Å². The van der Waals surface area contributed by atoms with Gasteiger partial charge in [-0.05, 0) is 24.7 Å². The molecule has 0 saturated carbocycles. The minimum absolute atomic E-state index is 0.140. The third kappa shape index (κ3) is 2.58. The van der Waals surface area contributed by atoms with Crippen LogP contribution in [0.2, 0.25) is 0 Å². The van der Waals surface area contributed by atoms with Gasteiger partial charge in [-0.3, -0.25) is 4.68 Å². The standard InChI is InChI=1S/C19H26N2O/c1-13(2)16-10-9-14(3)17-18(15-7-5-4-6-8-15)20-21(11-12-22)19(16)17/h4-8,13-14,16,22H,9-12H2,1-3H3/t14-,16-/m1/s1.